The van der Waals surface area contributed by atoms with Gasteiger partial charge in [0.2, 0.25) is 0 Å². The molecule has 0 aromatic heterocycles. The van der Waals surface area contributed by atoms with Crippen LogP contribution in [0.4, 0.5) is 4.39 Å². The topological polar surface area (TPSA) is 3.24 Å². The van der Waals surface area contributed by atoms with Crippen LogP contribution in [-0.2, 0) is 6.42 Å². The van der Waals surface area contributed by atoms with Gasteiger partial charge in [-0.1, -0.05) is 18.2 Å². The van der Waals surface area contributed by atoms with Gasteiger partial charge in [-0.25, -0.2) is 4.39 Å². The summed E-state index contributed by atoms with van der Waals surface area (Å²) in [5.41, 5.74) is 0.882. The Balaban J connectivity index is 1.95. The van der Waals surface area contributed by atoms with E-state index in [2.05, 4.69) is 11.9 Å². The molecule has 2 heteroatoms. The Hall–Kier alpha value is -0.890. The molecule has 1 aromatic rings. The Morgan fingerprint density at radius 2 is 1.93 bits per heavy atom. The molecule has 0 aliphatic carbocycles. The molecular weight excluding hydrogens is 189 g/mol. The fourth-order valence-corrected chi connectivity index (χ4v) is 2.24. The number of rotatable bonds is 2. The van der Waals surface area contributed by atoms with Crippen LogP contribution in [0.15, 0.2) is 24.3 Å². The van der Waals surface area contributed by atoms with E-state index < -0.39 is 0 Å². The van der Waals surface area contributed by atoms with Crippen LogP contribution in [0.25, 0.3) is 0 Å². The molecule has 0 N–H and O–H groups in total. The second kappa shape index (κ2) is 4.75. The van der Waals surface area contributed by atoms with Crippen LogP contribution in [0.2, 0.25) is 0 Å². The highest BCUT2D eigenvalue weighted by atomic mass is 19.1. The predicted molar refractivity (Wildman–Crippen MR) is 60.3 cm³/mol. The molecule has 1 saturated heterocycles. The van der Waals surface area contributed by atoms with E-state index in [1.54, 1.807) is 12.1 Å². The van der Waals surface area contributed by atoms with E-state index in [9.17, 15) is 4.39 Å². The van der Waals surface area contributed by atoms with Crippen LogP contribution in [0.3, 0.4) is 0 Å². The second-order valence-electron chi connectivity index (χ2n) is 4.54. The van der Waals surface area contributed by atoms with Gasteiger partial charge in [0.25, 0.3) is 0 Å². The highest BCUT2D eigenvalue weighted by Crippen LogP contribution is 2.21. The SMILES string of the molecule is CN1CCC(Cc2ccccc2F)CC1. The summed E-state index contributed by atoms with van der Waals surface area (Å²) in [5.74, 6) is 0.620. The van der Waals surface area contributed by atoms with Crippen molar-refractivity contribution in [2.45, 2.75) is 19.3 Å². The zero-order valence-corrected chi connectivity index (χ0v) is 9.25. The van der Waals surface area contributed by atoms with Crippen molar-refractivity contribution in [1.82, 2.24) is 4.90 Å². The minimum Gasteiger partial charge on any atom is -0.306 e. The number of nitrogens with zero attached hydrogens (tertiary/aromatic N) is 1. The molecule has 0 radical (unpaired) electrons. The maximum atomic E-state index is 13.4. The number of piperidine rings is 1. The fourth-order valence-electron chi connectivity index (χ4n) is 2.24. The average molecular weight is 207 g/mol. The fraction of sp³-hybridized carbons (Fsp3) is 0.538. The molecule has 0 amide bonds. The Morgan fingerprint density at radius 1 is 1.27 bits per heavy atom. The van der Waals surface area contributed by atoms with Crippen LogP contribution in [0.1, 0.15) is 18.4 Å². The zero-order chi connectivity index (χ0) is 10.7. The van der Waals surface area contributed by atoms with Crippen molar-refractivity contribution < 1.29 is 4.39 Å². The van der Waals surface area contributed by atoms with Gasteiger partial charge in [-0.2, -0.15) is 0 Å². The molecule has 1 heterocycles. The van der Waals surface area contributed by atoms with Crippen molar-refractivity contribution in [2.75, 3.05) is 20.1 Å². The van der Waals surface area contributed by atoms with Crippen LogP contribution >= 0.6 is 0 Å². The molecule has 1 aliphatic rings. The monoisotopic (exact) mass is 207 g/mol. The number of likely N-dealkylation sites (tertiary alicyclic amines) is 1. The molecule has 15 heavy (non-hydrogen) atoms. The smallest absolute Gasteiger partial charge is 0.126 e. The van der Waals surface area contributed by atoms with Gasteiger partial charge in [-0.15, -0.1) is 0 Å². The van der Waals surface area contributed by atoms with Crippen molar-refractivity contribution in [2.24, 2.45) is 5.92 Å². The Morgan fingerprint density at radius 3 is 2.60 bits per heavy atom. The quantitative estimate of drug-likeness (QED) is 0.720. The van der Waals surface area contributed by atoms with Crippen molar-refractivity contribution in [3.8, 4) is 0 Å². The average Bonchev–Trinajstić information content (AvgIpc) is 2.25. The van der Waals surface area contributed by atoms with Crippen LogP contribution in [0.5, 0.6) is 0 Å². The second-order valence-corrected chi connectivity index (χ2v) is 4.54. The van der Waals surface area contributed by atoms with Crippen LogP contribution in [0, 0.1) is 11.7 Å². The molecule has 0 atom stereocenters. The molecule has 0 spiro atoms. The van der Waals surface area contributed by atoms with E-state index in [1.807, 2.05) is 12.1 Å². The summed E-state index contributed by atoms with van der Waals surface area (Å²) >= 11 is 0. The Kier molecular flexibility index (Phi) is 3.37. The molecule has 0 bridgehead atoms. The third kappa shape index (κ3) is 2.78. The lowest BCUT2D eigenvalue weighted by Crippen LogP contribution is -2.31. The van der Waals surface area contributed by atoms with Crippen molar-refractivity contribution >= 4 is 0 Å². The summed E-state index contributed by atoms with van der Waals surface area (Å²) in [4.78, 5) is 2.35. The van der Waals surface area contributed by atoms with Gasteiger partial charge in [-0.3, -0.25) is 0 Å². The normalized spacial score (nSPS) is 19.3. The first-order chi connectivity index (χ1) is 7.25. The summed E-state index contributed by atoms with van der Waals surface area (Å²) in [7, 11) is 2.15. The van der Waals surface area contributed by atoms with Crippen molar-refractivity contribution in [1.29, 1.82) is 0 Å². The van der Waals surface area contributed by atoms with Gasteiger partial charge in [0, 0.05) is 0 Å². The van der Waals surface area contributed by atoms with E-state index in [-0.39, 0.29) is 5.82 Å². The molecule has 2 rings (SSSR count). The van der Waals surface area contributed by atoms with E-state index in [4.69, 9.17) is 0 Å². The third-order valence-corrected chi connectivity index (χ3v) is 3.30. The summed E-state index contributed by atoms with van der Waals surface area (Å²) < 4.78 is 13.4. The van der Waals surface area contributed by atoms with E-state index >= 15 is 0 Å². The van der Waals surface area contributed by atoms with Crippen molar-refractivity contribution in [3.05, 3.63) is 35.6 Å². The molecule has 0 saturated carbocycles. The molecule has 1 nitrogen and oxygen atoms in total. The van der Waals surface area contributed by atoms with E-state index in [0.717, 1.165) is 25.1 Å². The highest BCUT2D eigenvalue weighted by Gasteiger charge is 2.17. The molecule has 82 valence electrons. The van der Waals surface area contributed by atoms with Gasteiger partial charge >= 0.3 is 0 Å². The maximum Gasteiger partial charge on any atom is 0.126 e. The molecule has 1 aromatic carbocycles. The van der Waals surface area contributed by atoms with Gasteiger partial charge in [-0.05, 0) is 56.9 Å². The lowest BCUT2D eigenvalue weighted by molar-refractivity contribution is 0.218. The summed E-state index contributed by atoms with van der Waals surface area (Å²) in [5, 5.41) is 0. The van der Waals surface area contributed by atoms with Gasteiger partial charge in [0.1, 0.15) is 5.82 Å². The van der Waals surface area contributed by atoms with Gasteiger partial charge in [0.15, 0.2) is 0 Å². The predicted octanol–water partition coefficient (Wildman–Crippen LogP) is 2.71. The Labute approximate surface area is 90.9 Å². The Bertz CT molecular complexity index is 316. The molecule has 0 unspecified atom stereocenters. The van der Waals surface area contributed by atoms with E-state index in [1.165, 1.54) is 12.8 Å². The van der Waals surface area contributed by atoms with Gasteiger partial charge in [0.05, 0.1) is 0 Å². The lowest BCUT2D eigenvalue weighted by atomic mass is 9.90. The highest BCUT2D eigenvalue weighted by molar-refractivity contribution is 5.17. The van der Waals surface area contributed by atoms with E-state index in [0.29, 0.717) is 5.92 Å². The lowest BCUT2D eigenvalue weighted by Gasteiger charge is -2.28. The molecular formula is C13H18FN. The third-order valence-electron chi connectivity index (χ3n) is 3.30. The molecule has 1 fully saturated rings. The van der Waals surface area contributed by atoms with Gasteiger partial charge < -0.3 is 4.90 Å². The van der Waals surface area contributed by atoms with Crippen LogP contribution < -0.4 is 0 Å². The number of halogens is 1. The first-order valence-corrected chi connectivity index (χ1v) is 5.67. The number of hydrogen-bond donors (Lipinski definition) is 0. The minimum absolute atomic E-state index is 0.0450. The largest absolute Gasteiger partial charge is 0.306 e. The summed E-state index contributed by atoms with van der Waals surface area (Å²) in [6, 6.07) is 7.15. The zero-order valence-electron chi connectivity index (χ0n) is 9.25. The standard InChI is InChI=1S/C13H18FN/c1-15-8-6-11(7-9-15)10-12-4-2-3-5-13(12)14/h2-5,11H,6-10H2,1H3. The maximum absolute atomic E-state index is 13.4. The summed E-state index contributed by atoms with van der Waals surface area (Å²) in [6.45, 7) is 2.30. The number of hydrogen-bond acceptors (Lipinski definition) is 1. The first kappa shape index (κ1) is 10.6. The number of benzene rings is 1. The molecule has 1 aliphatic heterocycles. The van der Waals surface area contributed by atoms with Crippen LogP contribution in [-0.4, -0.2) is 25.0 Å². The summed E-state index contributed by atoms with van der Waals surface area (Å²) in [6.07, 6.45) is 3.30. The minimum atomic E-state index is -0.0450. The first-order valence-electron chi connectivity index (χ1n) is 5.67. The van der Waals surface area contributed by atoms with Crippen molar-refractivity contribution in [3.63, 3.8) is 0 Å².